The summed E-state index contributed by atoms with van der Waals surface area (Å²) in [4.78, 5) is 1.70. The smallest absolute Gasteiger partial charge is 0.113 e. The van der Waals surface area contributed by atoms with Crippen LogP contribution in [-0.4, -0.2) is 15.0 Å². The molecule has 0 N–H and O–H groups in total. The van der Waals surface area contributed by atoms with E-state index in [0.29, 0.717) is 5.92 Å². The Morgan fingerprint density at radius 3 is 2.33 bits per heavy atom. The normalized spacial score (nSPS) is 11.3. The molecule has 0 saturated carbocycles. The predicted octanol–water partition coefficient (Wildman–Crippen LogP) is 3.34. The Balaban J connectivity index is 2.20. The summed E-state index contributed by atoms with van der Waals surface area (Å²) in [6.45, 7) is 4.34. The summed E-state index contributed by atoms with van der Waals surface area (Å²) in [6.07, 6.45) is 0. The van der Waals surface area contributed by atoms with Gasteiger partial charge in [0, 0.05) is 0 Å². The minimum absolute atomic E-state index is 0.434. The second-order valence-corrected chi connectivity index (χ2v) is 4.62. The second-order valence-electron chi connectivity index (χ2n) is 4.62. The molecule has 18 heavy (non-hydrogen) atoms. The fourth-order valence-corrected chi connectivity index (χ4v) is 2.06. The molecular weight excluding hydrogens is 222 g/mol. The van der Waals surface area contributed by atoms with E-state index < -0.39 is 0 Å². The highest BCUT2D eigenvalue weighted by Gasteiger charge is 2.10. The zero-order valence-corrected chi connectivity index (χ0v) is 10.5. The van der Waals surface area contributed by atoms with Crippen LogP contribution in [0.2, 0.25) is 0 Å². The number of aromatic nitrogens is 3. The average molecular weight is 236 g/mol. The highest BCUT2D eigenvalue weighted by Crippen LogP contribution is 2.22. The Morgan fingerprint density at radius 1 is 1.06 bits per heavy atom. The molecule has 0 saturated heterocycles. The summed E-state index contributed by atoms with van der Waals surface area (Å²) in [5.74, 6) is 0.434. The lowest BCUT2D eigenvalue weighted by atomic mass is 10.0. The summed E-state index contributed by atoms with van der Waals surface area (Å²) in [7, 11) is 0. The molecule has 3 rings (SSSR count). The van der Waals surface area contributed by atoms with E-state index in [-0.39, 0.29) is 0 Å². The number of nitrogens with zero attached hydrogens (tertiary/aromatic N) is 3. The first-order valence-corrected chi connectivity index (χ1v) is 6.08. The molecular formula is C15H14N3. The van der Waals surface area contributed by atoms with Gasteiger partial charge >= 0.3 is 0 Å². The van der Waals surface area contributed by atoms with Crippen LogP contribution in [0.4, 0.5) is 0 Å². The van der Waals surface area contributed by atoms with Crippen molar-refractivity contribution in [3.63, 3.8) is 0 Å². The third kappa shape index (κ3) is 1.78. The van der Waals surface area contributed by atoms with Crippen molar-refractivity contribution in [2.45, 2.75) is 19.8 Å². The molecule has 0 bridgehead atoms. The maximum absolute atomic E-state index is 4.51. The highest BCUT2D eigenvalue weighted by atomic mass is 15.5. The molecule has 1 heterocycles. The first-order chi connectivity index (χ1) is 8.75. The van der Waals surface area contributed by atoms with Gasteiger partial charge in [0.2, 0.25) is 0 Å². The van der Waals surface area contributed by atoms with Gasteiger partial charge in [-0.2, -0.15) is 4.80 Å². The Morgan fingerprint density at radius 2 is 1.72 bits per heavy atom. The topological polar surface area (TPSA) is 30.7 Å². The molecule has 0 fully saturated rings. The van der Waals surface area contributed by atoms with E-state index in [2.05, 4.69) is 36.2 Å². The lowest BCUT2D eigenvalue weighted by Crippen LogP contribution is -2.04. The molecule has 1 aromatic heterocycles. The fourth-order valence-electron chi connectivity index (χ4n) is 2.06. The third-order valence-corrected chi connectivity index (χ3v) is 3.00. The molecule has 0 aliphatic heterocycles. The number of fused-ring (bicyclic) bond motifs is 1. The van der Waals surface area contributed by atoms with Gasteiger partial charge in [0.1, 0.15) is 11.0 Å². The molecule has 89 valence electrons. The number of benzene rings is 2. The van der Waals surface area contributed by atoms with Gasteiger partial charge in [-0.05, 0) is 35.7 Å². The number of hydrogen-bond donors (Lipinski definition) is 0. The molecule has 0 atom stereocenters. The lowest BCUT2D eigenvalue weighted by molar-refractivity contribution is 0.737. The summed E-state index contributed by atoms with van der Waals surface area (Å²) in [5, 5.41) is 9.02. The molecule has 3 aromatic rings. The van der Waals surface area contributed by atoms with Crippen molar-refractivity contribution < 1.29 is 0 Å². The summed E-state index contributed by atoms with van der Waals surface area (Å²) >= 11 is 0. The van der Waals surface area contributed by atoms with E-state index in [1.807, 2.05) is 36.4 Å². The molecule has 3 heteroatoms. The zero-order chi connectivity index (χ0) is 12.5. The molecule has 0 aliphatic carbocycles. The van der Waals surface area contributed by atoms with Gasteiger partial charge in [-0.3, -0.25) is 0 Å². The minimum Gasteiger partial charge on any atom is -0.150 e. The predicted molar refractivity (Wildman–Crippen MR) is 71.8 cm³/mol. The van der Waals surface area contributed by atoms with Gasteiger partial charge in [0.15, 0.2) is 0 Å². The molecule has 1 radical (unpaired) electrons. The summed E-state index contributed by atoms with van der Waals surface area (Å²) < 4.78 is 0. The van der Waals surface area contributed by atoms with Crippen molar-refractivity contribution >= 4 is 11.0 Å². The van der Waals surface area contributed by atoms with Crippen LogP contribution in [0.3, 0.4) is 0 Å². The van der Waals surface area contributed by atoms with Crippen LogP contribution in [0.1, 0.15) is 25.3 Å². The van der Waals surface area contributed by atoms with Gasteiger partial charge < -0.3 is 0 Å². The van der Waals surface area contributed by atoms with Gasteiger partial charge in [-0.1, -0.05) is 38.1 Å². The van der Waals surface area contributed by atoms with E-state index in [9.17, 15) is 0 Å². The average Bonchev–Trinajstić information content (AvgIpc) is 2.82. The molecule has 3 nitrogen and oxygen atoms in total. The molecule has 2 aromatic carbocycles. The van der Waals surface area contributed by atoms with Crippen LogP contribution >= 0.6 is 0 Å². The first-order valence-electron chi connectivity index (χ1n) is 6.08. The van der Waals surface area contributed by atoms with Gasteiger partial charge in [-0.15, -0.1) is 10.2 Å². The fraction of sp³-hybridized carbons (Fsp3) is 0.200. The summed E-state index contributed by atoms with van der Waals surface area (Å²) in [6, 6.07) is 16.9. The number of rotatable bonds is 2. The third-order valence-electron chi connectivity index (χ3n) is 3.00. The van der Waals surface area contributed by atoms with E-state index in [1.165, 1.54) is 5.56 Å². The second kappa shape index (κ2) is 4.26. The van der Waals surface area contributed by atoms with Gasteiger partial charge in [0.25, 0.3) is 0 Å². The van der Waals surface area contributed by atoms with Crippen molar-refractivity contribution in [3.8, 4) is 5.69 Å². The van der Waals surface area contributed by atoms with Crippen LogP contribution < -0.4 is 0 Å². The van der Waals surface area contributed by atoms with E-state index in [4.69, 9.17) is 0 Å². The maximum Gasteiger partial charge on any atom is 0.113 e. The molecule has 0 aliphatic rings. The summed E-state index contributed by atoms with van der Waals surface area (Å²) in [5.41, 5.74) is 4.06. The van der Waals surface area contributed by atoms with Crippen LogP contribution in [0.5, 0.6) is 0 Å². The van der Waals surface area contributed by atoms with Crippen LogP contribution in [0.25, 0.3) is 16.7 Å². The van der Waals surface area contributed by atoms with E-state index in [0.717, 1.165) is 16.7 Å². The van der Waals surface area contributed by atoms with Crippen molar-refractivity contribution in [3.05, 3.63) is 54.1 Å². The number of hydrogen-bond acceptors (Lipinski definition) is 2. The van der Waals surface area contributed by atoms with Crippen molar-refractivity contribution in [2.24, 2.45) is 0 Å². The largest absolute Gasteiger partial charge is 0.150 e. The van der Waals surface area contributed by atoms with E-state index >= 15 is 0 Å². The van der Waals surface area contributed by atoms with Crippen molar-refractivity contribution in [2.75, 3.05) is 0 Å². The Kier molecular flexibility index (Phi) is 2.59. The minimum atomic E-state index is 0.434. The van der Waals surface area contributed by atoms with E-state index in [1.54, 1.807) is 4.80 Å². The highest BCUT2D eigenvalue weighted by molar-refractivity contribution is 5.73. The SMILES string of the molecule is CC(C)c1cc[c]cc1-n1nc2ccccc2n1. The molecule has 0 unspecified atom stereocenters. The standard InChI is InChI=1S/C15H14N3/c1-11(2)12-7-3-6-10-15(12)18-16-13-8-4-5-9-14(13)17-18/h3-5,7-11H,1-2H3. The van der Waals surface area contributed by atoms with Crippen molar-refractivity contribution in [1.82, 2.24) is 15.0 Å². The lowest BCUT2D eigenvalue weighted by Gasteiger charge is -2.10. The van der Waals surface area contributed by atoms with Gasteiger partial charge in [-0.25, -0.2) is 0 Å². The van der Waals surface area contributed by atoms with Crippen molar-refractivity contribution in [1.29, 1.82) is 0 Å². The Labute approximate surface area is 106 Å². The quantitative estimate of drug-likeness (QED) is 0.683. The van der Waals surface area contributed by atoms with Crippen LogP contribution in [-0.2, 0) is 0 Å². The zero-order valence-electron chi connectivity index (χ0n) is 10.5. The van der Waals surface area contributed by atoms with Gasteiger partial charge in [0.05, 0.1) is 5.69 Å². The monoisotopic (exact) mass is 236 g/mol. The Hall–Kier alpha value is -2.16. The Bertz CT molecular complexity index is 650. The molecule has 0 amide bonds. The first kappa shape index (κ1) is 11.0. The van der Waals surface area contributed by atoms with Crippen LogP contribution in [0.15, 0.2) is 42.5 Å². The maximum atomic E-state index is 4.51. The molecule has 0 spiro atoms. The van der Waals surface area contributed by atoms with Crippen LogP contribution in [0, 0.1) is 6.07 Å².